The number of urea groups is 1. The summed E-state index contributed by atoms with van der Waals surface area (Å²) in [5.41, 5.74) is 6.67. The van der Waals surface area contributed by atoms with Crippen molar-refractivity contribution in [2.45, 2.75) is 56.8 Å². The number of imide groups is 1. The fourth-order valence-electron chi connectivity index (χ4n) is 5.04. The highest BCUT2D eigenvalue weighted by molar-refractivity contribution is 6.30. The van der Waals surface area contributed by atoms with Crippen LogP contribution in [0, 0.1) is 11.8 Å². The van der Waals surface area contributed by atoms with Crippen molar-refractivity contribution in [1.82, 2.24) is 15.2 Å². The zero-order valence-corrected chi connectivity index (χ0v) is 20.6. The molecule has 4 rings (SSSR count). The van der Waals surface area contributed by atoms with E-state index in [1.807, 2.05) is 5.32 Å². The van der Waals surface area contributed by atoms with Gasteiger partial charge in [-0.3, -0.25) is 14.5 Å². The van der Waals surface area contributed by atoms with Crippen molar-refractivity contribution in [3.8, 4) is 0 Å². The van der Waals surface area contributed by atoms with Crippen molar-refractivity contribution < 1.29 is 27.6 Å². The largest absolute Gasteiger partial charge is 0.408 e. The molecule has 0 spiro atoms. The smallest absolute Gasteiger partial charge is 0.384 e. The number of benzene rings is 1. The van der Waals surface area contributed by atoms with Crippen LogP contribution in [0.25, 0.3) is 0 Å². The Morgan fingerprint density at radius 1 is 1.14 bits per heavy atom. The highest BCUT2D eigenvalue weighted by Crippen LogP contribution is 2.36. The second-order valence-corrected chi connectivity index (χ2v) is 9.85. The molecule has 4 N–H and O–H groups in total. The van der Waals surface area contributed by atoms with Crippen LogP contribution in [-0.2, 0) is 16.0 Å². The molecule has 2 fully saturated rings. The maximum atomic E-state index is 13.9. The molecule has 2 aliphatic rings. The van der Waals surface area contributed by atoms with Crippen LogP contribution >= 0.6 is 11.6 Å². The molecule has 3 atom stereocenters. The molecule has 0 radical (unpaired) electrons. The number of carbonyl (C=O) groups is 3. The van der Waals surface area contributed by atoms with Crippen molar-refractivity contribution in [3.63, 3.8) is 0 Å². The number of nitrogen functional groups attached to an aromatic ring is 1. The second-order valence-electron chi connectivity index (χ2n) is 9.42. The third-order valence-electron chi connectivity index (χ3n) is 6.87. The number of hydrogen-bond donors (Lipinski definition) is 3. The Morgan fingerprint density at radius 3 is 2.43 bits per heavy atom. The lowest BCUT2D eigenvalue weighted by atomic mass is 9.81. The van der Waals surface area contributed by atoms with Gasteiger partial charge in [0, 0.05) is 16.9 Å². The predicted molar refractivity (Wildman–Crippen MR) is 132 cm³/mol. The van der Waals surface area contributed by atoms with Crippen molar-refractivity contribution >= 4 is 41.0 Å². The lowest BCUT2D eigenvalue weighted by Gasteiger charge is -2.45. The number of pyridine rings is 1. The Labute approximate surface area is 216 Å². The van der Waals surface area contributed by atoms with Gasteiger partial charge in [-0.05, 0) is 67.1 Å². The normalized spacial score (nSPS) is 21.2. The van der Waals surface area contributed by atoms with Crippen LogP contribution in [0.2, 0.25) is 5.02 Å². The number of alkyl halides is 3. The molecule has 1 aliphatic carbocycles. The molecule has 37 heavy (non-hydrogen) atoms. The van der Waals surface area contributed by atoms with Gasteiger partial charge in [0.25, 0.3) is 0 Å². The van der Waals surface area contributed by atoms with Gasteiger partial charge in [-0.1, -0.05) is 30.9 Å². The SMILES string of the molecule is Nc1cc(CC2C(=O)N(C(=O)N[C@@H](C3CCCCC3)C(F)(F)F)[C@@H]2C(=O)Nc2ccc(Cl)cc2)ccn1. The lowest BCUT2D eigenvalue weighted by molar-refractivity contribution is -0.170. The number of anilines is 2. The van der Waals surface area contributed by atoms with Crippen LogP contribution < -0.4 is 16.4 Å². The van der Waals surface area contributed by atoms with Crippen LogP contribution in [0.4, 0.5) is 29.5 Å². The molecular weight excluding hydrogens is 511 g/mol. The van der Waals surface area contributed by atoms with Crippen molar-refractivity contribution in [3.05, 3.63) is 53.2 Å². The van der Waals surface area contributed by atoms with Gasteiger partial charge in [0.2, 0.25) is 11.8 Å². The predicted octanol–water partition coefficient (Wildman–Crippen LogP) is 4.55. The van der Waals surface area contributed by atoms with E-state index in [2.05, 4.69) is 10.3 Å². The van der Waals surface area contributed by atoms with E-state index in [0.29, 0.717) is 46.9 Å². The highest BCUT2D eigenvalue weighted by Gasteiger charge is 2.56. The van der Waals surface area contributed by atoms with E-state index < -0.39 is 47.9 Å². The Kier molecular flexibility index (Phi) is 7.91. The zero-order chi connectivity index (χ0) is 26.7. The minimum Gasteiger partial charge on any atom is -0.384 e. The number of nitrogens with zero attached hydrogens (tertiary/aromatic N) is 2. The van der Waals surface area contributed by atoms with Crippen LogP contribution in [0.1, 0.15) is 37.7 Å². The summed E-state index contributed by atoms with van der Waals surface area (Å²) in [4.78, 5) is 43.8. The summed E-state index contributed by atoms with van der Waals surface area (Å²) in [6.07, 6.45) is -0.430. The maximum Gasteiger partial charge on any atom is 0.408 e. The lowest BCUT2D eigenvalue weighted by Crippen LogP contribution is -2.71. The average Bonchev–Trinajstić information content (AvgIpc) is 2.85. The van der Waals surface area contributed by atoms with Gasteiger partial charge < -0.3 is 16.4 Å². The minimum absolute atomic E-state index is 0.0549. The number of likely N-dealkylation sites (tertiary alicyclic amines) is 1. The third-order valence-corrected chi connectivity index (χ3v) is 7.12. The molecule has 1 aromatic carbocycles. The molecule has 4 amide bonds. The number of carbonyl (C=O) groups excluding carboxylic acids is 3. The molecular formula is C25H27ClF3N5O3. The molecule has 2 heterocycles. The van der Waals surface area contributed by atoms with Crippen LogP contribution in [0.15, 0.2) is 42.6 Å². The van der Waals surface area contributed by atoms with Crippen molar-refractivity contribution in [1.29, 1.82) is 0 Å². The molecule has 198 valence electrons. The van der Waals surface area contributed by atoms with E-state index in [4.69, 9.17) is 17.3 Å². The summed E-state index contributed by atoms with van der Waals surface area (Å²) in [6, 6.07) is 4.64. The topological polar surface area (TPSA) is 117 Å². The van der Waals surface area contributed by atoms with Crippen molar-refractivity contribution in [2.75, 3.05) is 11.1 Å². The van der Waals surface area contributed by atoms with Crippen LogP contribution in [-0.4, -0.2) is 46.0 Å². The summed E-state index contributed by atoms with van der Waals surface area (Å²) in [5, 5.41) is 5.08. The number of β-lactam (4-membered cyclic amide) rings is 1. The van der Waals surface area contributed by atoms with E-state index in [9.17, 15) is 27.6 Å². The number of amides is 4. The first kappa shape index (κ1) is 26.7. The molecule has 2 aromatic rings. The molecule has 1 aliphatic heterocycles. The third kappa shape index (κ3) is 6.15. The van der Waals surface area contributed by atoms with E-state index in [1.54, 1.807) is 18.2 Å². The molecule has 1 saturated carbocycles. The second kappa shape index (κ2) is 11.0. The number of rotatable bonds is 6. The fourth-order valence-corrected chi connectivity index (χ4v) is 5.16. The van der Waals surface area contributed by atoms with Gasteiger partial charge in [-0.15, -0.1) is 0 Å². The van der Waals surface area contributed by atoms with Crippen LogP contribution in [0.3, 0.4) is 0 Å². The number of halogens is 4. The van der Waals surface area contributed by atoms with Gasteiger partial charge in [-0.25, -0.2) is 9.78 Å². The van der Waals surface area contributed by atoms with Crippen molar-refractivity contribution in [2.24, 2.45) is 11.8 Å². The summed E-state index contributed by atoms with van der Waals surface area (Å²) >= 11 is 5.88. The molecule has 0 bridgehead atoms. The van der Waals surface area contributed by atoms with E-state index >= 15 is 0 Å². The zero-order valence-electron chi connectivity index (χ0n) is 19.8. The monoisotopic (exact) mass is 537 g/mol. The highest BCUT2D eigenvalue weighted by atomic mass is 35.5. The van der Waals surface area contributed by atoms with Gasteiger partial charge in [0.15, 0.2) is 0 Å². The standard InChI is InChI=1S/C25H27ClF3N5O3/c26-16-6-8-17(9-7-16)32-22(35)20-18(12-14-10-11-31-19(30)13-14)23(36)34(20)24(37)33-21(25(27,28)29)15-4-2-1-3-5-15/h6-11,13,15,18,20-21H,1-5,12H2,(H2,30,31)(H,32,35)(H,33,37)/t18?,20-,21-/m0/s1. The molecule has 1 unspecified atom stereocenters. The summed E-state index contributed by atoms with van der Waals surface area (Å²) < 4.78 is 41.7. The first-order chi connectivity index (χ1) is 17.5. The Hall–Kier alpha value is -3.34. The van der Waals surface area contributed by atoms with E-state index in [1.165, 1.54) is 24.4 Å². The van der Waals surface area contributed by atoms with Gasteiger partial charge in [0.05, 0.1) is 5.92 Å². The molecule has 8 nitrogen and oxygen atoms in total. The Balaban J connectivity index is 1.56. The fraction of sp³-hybridized carbons (Fsp3) is 0.440. The molecule has 1 aromatic heterocycles. The summed E-state index contributed by atoms with van der Waals surface area (Å²) in [6.45, 7) is 0. The number of aromatic nitrogens is 1. The molecule has 12 heteroatoms. The summed E-state index contributed by atoms with van der Waals surface area (Å²) in [7, 11) is 0. The number of nitrogens with one attached hydrogen (secondary N) is 2. The van der Waals surface area contributed by atoms with E-state index in [0.717, 1.165) is 6.42 Å². The first-order valence-electron chi connectivity index (χ1n) is 12.0. The maximum absolute atomic E-state index is 13.9. The summed E-state index contributed by atoms with van der Waals surface area (Å²) in [5.74, 6) is -2.99. The number of nitrogens with two attached hydrogens (primary N) is 1. The van der Waals surface area contributed by atoms with Crippen LogP contribution in [0.5, 0.6) is 0 Å². The minimum atomic E-state index is -4.69. The first-order valence-corrected chi connectivity index (χ1v) is 12.4. The van der Waals surface area contributed by atoms with Gasteiger partial charge in [0.1, 0.15) is 17.9 Å². The Bertz CT molecular complexity index is 1160. The van der Waals surface area contributed by atoms with Gasteiger partial charge >= 0.3 is 12.2 Å². The van der Waals surface area contributed by atoms with E-state index in [-0.39, 0.29) is 12.2 Å². The van der Waals surface area contributed by atoms with Gasteiger partial charge in [-0.2, -0.15) is 13.2 Å². The number of hydrogen-bond acceptors (Lipinski definition) is 5. The molecule has 1 saturated heterocycles. The quantitative estimate of drug-likeness (QED) is 0.467. The average molecular weight is 538 g/mol. The Morgan fingerprint density at radius 2 is 1.81 bits per heavy atom.